The van der Waals surface area contributed by atoms with Crippen LogP contribution < -0.4 is 0 Å². The van der Waals surface area contributed by atoms with Crippen LogP contribution in [0.25, 0.3) is 0 Å². The average Bonchev–Trinajstić information content (AvgIpc) is 2.35. The van der Waals surface area contributed by atoms with Crippen LogP contribution in [-0.4, -0.2) is 80.2 Å². The van der Waals surface area contributed by atoms with E-state index >= 15 is 0 Å². The smallest absolute Gasteiger partial charge is 0.388 e. The van der Waals surface area contributed by atoms with E-state index in [1.807, 2.05) is 0 Å². The van der Waals surface area contributed by atoms with Crippen molar-refractivity contribution in [1.29, 1.82) is 0 Å². The van der Waals surface area contributed by atoms with Gasteiger partial charge in [0, 0.05) is 0 Å². The summed E-state index contributed by atoms with van der Waals surface area (Å²) >= 11 is 0. The van der Waals surface area contributed by atoms with E-state index in [9.17, 15) is 25.0 Å². The number of phosphoric acid groups is 1. The van der Waals surface area contributed by atoms with E-state index in [0.717, 1.165) is 0 Å². The molecule has 0 unspecified atom stereocenters. The van der Waals surface area contributed by atoms with E-state index in [0.29, 0.717) is 0 Å². The molecular formula is C9H19O10P. The molecule has 0 radical (unpaired) electrons. The summed E-state index contributed by atoms with van der Waals surface area (Å²) in [6.45, 7) is 0.342. The molecule has 1 rings (SSSR count). The van der Waals surface area contributed by atoms with Crippen LogP contribution in [0.2, 0.25) is 0 Å². The van der Waals surface area contributed by atoms with E-state index in [2.05, 4.69) is 4.52 Å². The molecule has 0 aromatic heterocycles. The van der Waals surface area contributed by atoms with Gasteiger partial charge in [-0.15, -0.1) is 0 Å². The minimum atomic E-state index is -4.68. The van der Waals surface area contributed by atoms with E-state index < -0.39 is 57.8 Å². The van der Waals surface area contributed by atoms with Crippen molar-refractivity contribution in [3.63, 3.8) is 0 Å². The second kappa shape index (κ2) is 7.23. The molecule has 120 valence electrons. The molecule has 0 spiro atoms. The Bertz CT molecular complexity index is 346. The molecule has 1 heterocycles. The molecule has 10 nitrogen and oxygen atoms in total. The molecule has 1 fully saturated rings. The highest BCUT2D eigenvalue weighted by atomic mass is 31.2. The SMILES string of the molecule is C[C@H]1O[C@@H](OC[C@H](O)COP(=O)(O)O)[C@H](O)[C@@H](O)[C@@H]1O. The Morgan fingerprint density at radius 3 is 2.30 bits per heavy atom. The van der Waals surface area contributed by atoms with Crippen LogP contribution in [0, 0.1) is 0 Å². The number of hydrogen-bond acceptors (Lipinski definition) is 8. The molecule has 1 saturated heterocycles. The van der Waals surface area contributed by atoms with Crippen molar-refractivity contribution in [3.8, 4) is 0 Å². The molecule has 0 aromatic rings. The van der Waals surface area contributed by atoms with Crippen molar-refractivity contribution in [1.82, 2.24) is 0 Å². The lowest BCUT2D eigenvalue weighted by atomic mass is 10.0. The molecule has 0 saturated carbocycles. The van der Waals surface area contributed by atoms with Crippen LogP contribution in [0.3, 0.4) is 0 Å². The maximum atomic E-state index is 10.4. The molecule has 0 aliphatic carbocycles. The standard InChI is InChI=1S/C9H19O10P/c1-4-6(11)7(12)8(13)9(19-4)17-2-5(10)3-18-20(14,15)16/h4-13H,2-3H2,1H3,(H2,14,15,16)/t4-,5+,6-,7+,8-,9-/m1/s1. The lowest BCUT2D eigenvalue weighted by molar-refractivity contribution is -0.297. The normalized spacial score (nSPS) is 36.9. The zero-order valence-corrected chi connectivity index (χ0v) is 11.5. The Kier molecular flexibility index (Phi) is 6.48. The summed E-state index contributed by atoms with van der Waals surface area (Å²) in [6.07, 6.45) is -7.69. The highest BCUT2D eigenvalue weighted by molar-refractivity contribution is 7.46. The minimum Gasteiger partial charge on any atom is -0.388 e. The number of rotatable bonds is 6. The first kappa shape index (κ1) is 17.9. The van der Waals surface area contributed by atoms with Crippen LogP contribution in [0.15, 0.2) is 0 Å². The fourth-order valence-electron chi connectivity index (χ4n) is 1.59. The summed E-state index contributed by atoms with van der Waals surface area (Å²) in [7, 11) is -4.68. The van der Waals surface area contributed by atoms with Crippen molar-refractivity contribution in [2.24, 2.45) is 0 Å². The molecule has 6 atom stereocenters. The molecule has 1 aliphatic rings. The van der Waals surface area contributed by atoms with E-state index in [1.54, 1.807) is 0 Å². The van der Waals surface area contributed by atoms with Gasteiger partial charge in [0.2, 0.25) is 0 Å². The minimum absolute atomic E-state index is 0.447. The highest BCUT2D eigenvalue weighted by Crippen LogP contribution is 2.35. The van der Waals surface area contributed by atoms with Gasteiger partial charge in [0.1, 0.15) is 24.4 Å². The maximum absolute atomic E-state index is 10.4. The summed E-state index contributed by atoms with van der Waals surface area (Å²) in [5.74, 6) is 0. The van der Waals surface area contributed by atoms with E-state index in [1.165, 1.54) is 6.92 Å². The van der Waals surface area contributed by atoms with E-state index in [4.69, 9.17) is 19.3 Å². The summed E-state index contributed by atoms with van der Waals surface area (Å²) in [5, 5.41) is 37.9. The van der Waals surface area contributed by atoms with Crippen molar-refractivity contribution in [3.05, 3.63) is 0 Å². The van der Waals surface area contributed by atoms with Gasteiger partial charge in [-0.3, -0.25) is 4.52 Å². The van der Waals surface area contributed by atoms with Gasteiger partial charge in [-0.05, 0) is 6.92 Å². The Labute approximate surface area is 114 Å². The summed E-state index contributed by atoms with van der Waals surface area (Å²) in [5.41, 5.74) is 0. The Morgan fingerprint density at radius 1 is 1.15 bits per heavy atom. The fraction of sp³-hybridized carbons (Fsp3) is 1.00. The largest absolute Gasteiger partial charge is 0.469 e. The van der Waals surface area contributed by atoms with E-state index in [-0.39, 0.29) is 0 Å². The predicted octanol–water partition coefficient (Wildman–Crippen LogP) is -2.70. The van der Waals surface area contributed by atoms with Gasteiger partial charge in [0.05, 0.1) is 19.3 Å². The zero-order chi connectivity index (χ0) is 15.5. The Hall–Kier alpha value is -0.130. The number of phosphoric ester groups is 1. The van der Waals surface area contributed by atoms with Crippen LogP contribution in [0.5, 0.6) is 0 Å². The quantitative estimate of drug-likeness (QED) is 0.284. The van der Waals surface area contributed by atoms with Gasteiger partial charge in [-0.1, -0.05) is 0 Å². The van der Waals surface area contributed by atoms with Crippen LogP contribution in [-0.2, 0) is 18.6 Å². The monoisotopic (exact) mass is 318 g/mol. The zero-order valence-electron chi connectivity index (χ0n) is 10.6. The number of ether oxygens (including phenoxy) is 2. The Balaban J connectivity index is 2.39. The van der Waals surface area contributed by atoms with Gasteiger partial charge < -0.3 is 39.7 Å². The number of aliphatic hydroxyl groups excluding tert-OH is 4. The molecule has 0 bridgehead atoms. The van der Waals surface area contributed by atoms with Gasteiger partial charge in [0.15, 0.2) is 6.29 Å². The summed E-state index contributed by atoms with van der Waals surface area (Å²) in [4.78, 5) is 16.9. The van der Waals surface area contributed by atoms with Gasteiger partial charge in [0.25, 0.3) is 0 Å². The van der Waals surface area contributed by atoms with Crippen molar-refractivity contribution in [2.75, 3.05) is 13.2 Å². The topological polar surface area (TPSA) is 166 Å². The molecule has 6 N–H and O–H groups in total. The maximum Gasteiger partial charge on any atom is 0.469 e. The fourth-order valence-corrected chi connectivity index (χ4v) is 1.95. The lowest BCUT2D eigenvalue weighted by Crippen LogP contribution is -2.57. The molecule has 0 amide bonds. The number of hydrogen-bond donors (Lipinski definition) is 6. The average molecular weight is 318 g/mol. The van der Waals surface area contributed by atoms with Gasteiger partial charge in [-0.2, -0.15) is 0 Å². The Morgan fingerprint density at radius 2 is 1.75 bits per heavy atom. The molecule has 11 heteroatoms. The first-order valence-corrected chi connectivity index (χ1v) is 7.34. The van der Waals surface area contributed by atoms with Crippen LogP contribution >= 0.6 is 7.82 Å². The molecule has 1 aliphatic heterocycles. The second-order valence-electron chi connectivity index (χ2n) is 4.45. The van der Waals surface area contributed by atoms with Crippen LogP contribution in [0.4, 0.5) is 0 Å². The van der Waals surface area contributed by atoms with Gasteiger partial charge >= 0.3 is 7.82 Å². The van der Waals surface area contributed by atoms with Crippen molar-refractivity contribution >= 4 is 7.82 Å². The summed E-state index contributed by atoms with van der Waals surface area (Å²) in [6, 6.07) is 0. The first-order chi connectivity index (χ1) is 9.11. The summed E-state index contributed by atoms with van der Waals surface area (Å²) < 4.78 is 24.5. The third-order valence-electron chi connectivity index (χ3n) is 2.70. The lowest BCUT2D eigenvalue weighted by Gasteiger charge is -2.39. The third-order valence-corrected chi connectivity index (χ3v) is 3.18. The predicted molar refractivity (Wildman–Crippen MR) is 62.3 cm³/mol. The van der Waals surface area contributed by atoms with Crippen LogP contribution in [0.1, 0.15) is 6.92 Å². The van der Waals surface area contributed by atoms with Crippen molar-refractivity contribution < 1.29 is 48.8 Å². The molecule has 20 heavy (non-hydrogen) atoms. The third kappa shape index (κ3) is 5.34. The second-order valence-corrected chi connectivity index (χ2v) is 5.69. The highest BCUT2D eigenvalue weighted by Gasteiger charge is 2.42. The first-order valence-electron chi connectivity index (χ1n) is 5.81. The van der Waals surface area contributed by atoms with Crippen molar-refractivity contribution in [2.45, 2.75) is 43.7 Å². The number of aliphatic hydroxyl groups is 4. The van der Waals surface area contributed by atoms with Gasteiger partial charge in [-0.25, -0.2) is 4.57 Å². The molecule has 0 aromatic carbocycles. The molecular weight excluding hydrogens is 299 g/mol.